The van der Waals surface area contributed by atoms with E-state index in [0.29, 0.717) is 13.1 Å². The van der Waals surface area contributed by atoms with Crippen LogP contribution in [0.15, 0.2) is 36.7 Å². The van der Waals surface area contributed by atoms with Crippen LogP contribution in [0, 0.1) is 0 Å². The predicted octanol–water partition coefficient (Wildman–Crippen LogP) is 2.80. The molecular formula is C15H16ClN3O2. The molecule has 0 fully saturated rings. The van der Waals surface area contributed by atoms with Crippen LogP contribution in [0.1, 0.15) is 23.0 Å². The summed E-state index contributed by atoms with van der Waals surface area (Å²) in [7, 11) is 1.62. The topological polar surface area (TPSA) is 55.3 Å². The first kappa shape index (κ1) is 15.3. The van der Waals surface area contributed by atoms with Gasteiger partial charge in [-0.2, -0.15) is 0 Å². The van der Waals surface area contributed by atoms with Crippen LogP contribution < -0.4 is 4.74 Å². The molecule has 6 heteroatoms. The summed E-state index contributed by atoms with van der Waals surface area (Å²) in [6, 6.07) is 7.61. The second-order valence-electron chi connectivity index (χ2n) is 4.39. The Morgan fingerprint density at radius 1 is 1.24 bits per heavy atom. The van der Waals surface area contributed by atoms with E-state index < -0.39 is 0 Å². The number of amides is 1. The molecule has 5 nitrogen and oxygen atoms in total. The van der Waals surface area contributed by atoms with E-state index in [4.69, 9.17) is 16.3 Å². The van der Waals surface area contributed by atoms with Crippen molar-refractivity contribution in [3.63, 3.8) is 0 Å². The monoisotopic (exact) mass is 305 g/mol. The standard InChI is InChI=1S/C15H16ClN3O2/c1-3-19(10-11-4-6-12(21-2)7-5-11)15(20)13-8-18-14(16)9-17-13/h4-9H,3,10H2,1-2H3. The molecule has 1 amide bonds. The number of carbonyl (C=O) groups excluding carboxylic acids is 1. The van der Waals surface area contributed by atoms with E-state index in [9.17, 15) is 4.79 Å². The van der Waals surface area contributed by atoms with Crippen molar-refractivity contribution in [2.75, 3.05) is 13.7 Å². The fraction of sp³-hybridized carbons (Fsp3) is 0.267. The SMILES string of the molecule is CCN(Cc1ccc(OC)cc1)C(=O)c1cnc(Cl)cn1. The number of hydrogen-bond donors (Lipinski definition) is 0. The maximum absolute atomic E-state index is 12.4. The van der Waals surface area contributed by atoms with Crippen molar-refractivity contribution in [3.8, 4) is 5.75 Å². The largest absolute Gasteiger partial charge is 0.497 e. The van der Waals surface area contributed by atoms with Crippen LogP contribution in [0.25, 0.3) is 0 Å². The number of benzene rings is 1. The number of nitrogens with zero attached hydrogens (tertiary/aromatic N) is 3. The Balaban J connectivity index is 2.11. The molecule has 0 spiro atoms. The summed E-state index contributed by atoms with van der Waals surface area (Å²) in [5.74, 6) is 0.620. The second kappa shape index (κ2) is 7.04. The minimum atomic E-state index is -0.169. The van der Waals surface area contributed by atoms with Crippen molar-refractivity contribution in [3.05, 3.63) is 53.1 Å². The average molecular weight is 306 g/mol. The normalized spacial score (nSPS) is 10.2. The molecule has 1 heterocycles. The number of methoxy groups -OCH3 is 1. The van der Waals surface area contributed by atoms with Crippen molar-refractivity contribution < 1.29 is 9.53 Å². The van der Waals surface area contributed by atoms with E-state index in [1.807, 2.05) is 31.2 Å². The summed E-state index contributed by atoms with van der Waals surface area (Å²) < 4.78 is 5.12. The zero-order chi connectivity index (χ0) is 15.2. The quantitative estimate of drug-likeness (QED) is 0.852. The minimum Gasteiger partial charge on any atom is -0.497 e. The third kappa shape index (κ3) is 3.92. The number of aromatic nitrogens is 2. The van der Waals surface area contributed by atoms with Crippen molar-refractivity contribution in [1.29, 1.82) is 0 Å². The van der Waals surface area contributed by atoms with Crippen LogP contribution in [0.4, 0.5) is 0 Å². The molecule has 0 unspecified atom stereocenters. The van der Waals surface area contributed by atoms with E-state index in [0.717, 1.165) is 11.3 Å². The molecule has 0 saturated carbocycles. The summed E-state index contributed by atoms with van der Waals surface area (Å²) in [5, 5.41) is 0.268. The molecule has 0 aliphatic carbocycles. The van der Waals surface area contributed by atoms with Crippen LogP contribution in [0.3, 0.4) is 0 Å². The number of hydrogen-bond acceptors (Lipinski definition) is 4. The average Bonchev–Trinajstić information content (AvgIpc) is 2.53. The first-order chi connectivity index (χ1) is 10.1. The van der Waals surface area contributed by atoms with Gasteiger partial charge in [0, 0.05) is 13.1 Å². The van der Waals surface area contributed by atoms with Crippen molar-refractivity contribution in [2.45, 2.75) is 13.5 Å². The van der Waals surface area contributed by atoms with Gasteiger partial charge in [0.25, 0.3) is 5.91 Å². The highest BCUT2D eigenvalue weighted by Gasteiger charge is 2.16. The maximum Gasteiger partial charge on any atom is 0.274 e. The Labute approximate surface area is 128 Å². The summed E-state index contributed by atoms with van der Waals surface area (Å²) in [6.07, 6.45) is 2.76. The molecule has 0 bridgehead atoms. The lowest BCUT2D eigenvalue weighted by molar-refractivity contribution is 0.0746. The Hall–Kier alpha value is -2.14. The number of ether oxygens (including phenoxy) is 1. The number of carbonyl (C=O) groups is 1. The lowest BCUT2D eigenvalue weighted by Gasteiger charge is -2.20. The van der Waals surface area contributed by atoms with E-state index in [1.165, 1.54) is 12.4 Å². The molecule has 0 radical (unpaired) electrons. The lowest BCUT2D eigenvalue weighted by atomic mass is 10.2. The van der Waals surface area contributed by atoms with E-state index in [2.05, 4.69) is 9.97 Å². The summed E-state index contributed by atoms with van der Waals surface area (Å²) in [4.78, 5) is 22.0. The Morgan fingerprint density at radius 3 is 2.48 bits per heavy atom. The molecule has 1 aromatic heterocycles. The Morgan fingerprint density at radius 2 is 1.95 bits per heavy atom. The van der Waals surface area contributed by atoms with Gasteiger partial charge in [0.05, 0.1) is 19.5 Å². The highest BCUT2D eigenvalue weighted by atomic mass is 35.5. The summed E-state index contributed by atoms with van der Waals surface area (Å²) >= 11 is 5.68. The molecule has 2 rings (SSSR count). The van der Waals surface area contributed by atoms with Gasteiger partial charge in [0.15, 0.2) is 0 Å². The number of rotatable bonds is 5. The Bertz CT molecular complexity index is 599. The molecule has 0 saturated heterocycles. The maximum atomic E-state index is 12.4. The molecule has 0 atom stereocenters. The van der Waals surface area contributed by atoms with Gasteiger partial charge in [-0.3, -0.25) is 4.79 Å². The van der Waals surface area contributed by atoms with Crippen LogP contribution in [0.5, 0.6) is 5.75 Å². The summed E-state index contributed by atoms with van der Waals surface area (Å²) in [5.41, 5.74) is 1.31. The van der Waals surface area contributed by atoms with Crippen LogP contribution in [-0.4, -0.2) is 34.4 Å². The molecular weight excluding hydrogens is 290 g/mol. The minimum absolute atomic E-state index is 0.169. The van der Waals surface area contributed by atoms with Gasteiger partial charge in [-0.05, 0) is 24.6 Å². The van der Waals surface area contributed by atoms with Crippen molar-refractivity contribution in [1.82, 2.24) is 14.9 Å². The van der Waals surface area contributed by atoms with Crippen molar-refractivity contribution in [2.24, 2.45) is 0 Å². The smallest absolute Gasteiger partial charge is 0.274 e. The fourth-order valence-electron chi connectivity index (χ4n) is 1.86. The molecule has 110 valence electrons. The van der Waals surface area contributed by atoms with Gasteiger partial charge in [-0.1, -0.05) is 23.7 Å². The summed E-state index contributed by atoms with van der Waals surface area (Å²) in [6.45, 7) is 3.00. The first-order valence-corrected chi connectivity index (χ1v) is 6.91. The van der Waals surface area contributed by atoms with Gasteiger partial charge in [-0.15, -0.1) is 0 Å². The zero-order valence-corrected chi connectivity index (χ0v) is 12.7. The van der Waals surface area contributed by atoms with Crippen molar-refractivity contribution >= 4 is 17.5 Å². The van der Waals surface area contributed by atoms with E-state index in [1.54, 1.807) is 12.0 Å². The van der Waals surface area contributed by atoms with Gasteiger partial charge in [0.2, 0.25) is 0 Å². The molecule has 0 aliphatic heterocycles. The van der Waals surface area contributed by atoms with Crippen LogP contribution >= 0.6 is 11.6 Å². The Kier molecular flexibility index (Phi) is 5.11. The second-order valence-corrected chi connectivity index (χ2v) is 4.78. The van der Waals surface area contributed by atoms with Crippen LogP contribution in [0.2, 0.25) is 5.15 Å². The third-order valence-corrected chi connectivity index (χ3v) is 3.24. The van der Waals surface area contributed by atoms with Gasteiger partial charge < -0.3 is 9.64 Å². The highest BCUT2D eigenvalue weighted by molar-refractivity contribution is 6.29. The number of halogens is 1. The van der Waals surface area contributed by atoms with Gasteiger partial charge in [-0.25, -0.2) is 9.97 Å². The van der Waals surface area contributed by atoms with E-state index >= 15 is 0 Å². The van der Waals surface area contributed by atoms with Crippen LogP contribution in [-0.2, 0) is 6.54 Å². The fourth-order valence-corrected chi connectivity index (χ4v) is 1.96. The molecule has 0 aliphatic rings. The predicted molar refractivity (Wildman–Crippen MR) is 80.5 cm³/mol. The molecule has 0 N–H and O–H groups in total. The zero-order valence-electron chi connectivity index (χ0n) is 11.9. The highest BCUT2D eigenvalue weighted by Crippen LogP contribution is 2.14. The molecule has 1 aromatic carbocycles. The van der Waals surface area contributed by atoms with Gasteiger partial charge in [0.1, 0.15) is 16.6 Å². The third-order valence-electron chi connectivity index (χ3n) is 3.04. The van der Waals surface area contributed by atoms with Gasteiger partial charge >= 0.3 is 0 Å². The lowest BCUT2D eigenvalue weighted by Crippen LogP contribution is -2.31. The van der Waals surface area contributed by atoms with E-state index in [-0.39, 0.29) is 16.8 Å². The first-order valence-electron chi connectivity index (χ1n) is 6.53. The molecule has 2 aromatic rings. The molecule has 21 heavy (non-hydrogen) atoms.